The van der Waals surface area contributed by atoms with E-state index in [1.807, 2.05) is 0 Å². The quantitative estimate of drug-likeness (QED) is 0.418. The molecule has 0 amide bonds. The van der Waals surface area contributed by atoms with Crippen molar-refractivity contribution in [3.63, 3.8) is 0 Å². The first kappa shape index (κ1) is 7.65. The second-order valence-corrected chi connectivity index (χ2v) is 2.80. The SMILES string of the molecule is CC(=O)C[N+]1([O-])CCNC1. The summed E-state index contributed by atoms with van der Waals surface area (Å²) in [5, 5.41) is 14.3. The number of quaternary nitrogens is 1. The molecule has 10 heavy (non-hydrogen) atoms. The van der Waals surface area contributed by atoms with Crippen molar-refractivity contribution in [2.75, 3.05) is 26.3 Å². The highest BCUT2D eigenvalue weighted by molar-refractivity contribution is 5.76. The summed E-state index contributed by atoms with van der Waals surface area (Å²) in [6.07, 6.45) is 0. The molecule has 0 aromatic carbocycles. The van der Waals surface area contributed by atoms with Crippen molar-refractivity contribution < 1.29 is 9.44 Å². The fraction of sp³-hybridized carbons (Fsp3) is 0.833. The zero-order valence-corrected chi connectivity index (χ0v) is 6.09. The molecule has 4 nitrogen and oxygen atoms in total. The van der Waals surface area contributed by atoms with E-state index in [1.54, 1.807) is 0 Å². The first-order chi connectivity index (χ1) is 4.62. The predicted molar refractivity (Wildman–Crippen MR) is 36.9 cm³/mol. The summed E-state index contributed by atoms with van der Waals surface area (Å²) in [4.78, 5) is 10.6. The monoisotopic (exact) mass is 144 g/mol. The van der Waals surface area contributed by atoms with E-state index in [9.17, 15) is 10.0 Å². The van der Waals surface area contributed by atoms with Crippen molar-refractivity contribution in [2.45, 2.75) is 6.92 Å². The standard InChI is InChI=1S/C6H12N2O2/c1-6(9)4-8(10)3-2-7-5-8/h7H,2-5H2,1H3. The number of nitrogens with zero attached hydrogens (tertiary/aromatic N) is 1. The molecule has 1 N–H and O–H groups in total. The summed E-state index contributed by atoms with van der Waals surface area (Å²) in [7, 11) is 0. The van der Waals surface area contributed by atoms with Gasteiger partial charge in [0.25, 0.3) is 0 Å². The van der Waals surface area contributed by atoms with Crippen molar-refractivity contribution in [1.29, 1.82) is 0 Å². The molecule has 0 saturated carbocycles. The Labute approximate surface area is 60.0 Å². The molecule has 0 spiro atoms. The third-order valence-electron chi connectivity index (χ3n) is 1.61. The van der Waals surface area contributed by atoms with Crippen LogP contribution in [0.2, 0.25) is 0 Å². The molecule has 0 radical (unpaired) electrons. The minimum absolute atomic E-state index is 0.0290. The molecular weight excluding hydrogens is 132 g/mol. The second kappa shape index (κ2) is 2.65. The molecule has 1 rings (SSSR count). The maximum Gasteiger partial charge on any atom is 0.184 e. The lowest BCUT2D eigenvalue weighted by atomic mass is 10.4. The minimum Gasteiger partial charge on any atom is -0.631 e. The molecule has 58 valence electrons. The lowest BCUT2D eigenvalue weighted by Crippen LogP contribution is -2.43. The first-order valence-electron chi connectivity index (χ1n) is 3.40. The molecule has 0 aliphatic carbocycles. The molecule has 0 bridgehead atoms. The zero-order valence-electron chi connectivity index (χ0n) is 6.09. The third-order valence-corrected chi connectivity index (χ3v) is 1.61. The van der Waals surface area contributed by atoms with Gasteiger partial charge in [0.2, 0.25) is 0 Å². The molecule has 0 aromatic rings. The Morgan fingerprint density at radius 1 is 1.80 bits per heavy atom. The summed E-state index contributed by atoms with van der Waals surface area (Å²) in [6.45, 7) is 3.22. The minimum atomic E-state index is -0.380. The Morgan fingerprint density at radius 3 is 2.90 bits per heavy atom. The predicted octanol–water partition coefficient (Wildman–Crippen LogP) is -0.549. The number of rotatable bonds is 2. The lowest BCUT2D eigenvalue weighted by molar-refractivity contribution is -0.860. The van der Waals surface area contributed by atoms with Crippen molar-refractivity contribution >= 4 is 5.78 Å². The van der Waals surface area contributed by atoms with Crippen molar-refractivity contribution in [1.82, 2.24) is 5.32 Å². The maximum absolute atomic E-state index is 11.4. The van der Waals surface area contributed by atoms with Gasteiger partial charge < -0.3 is 9.85 Å². The fourth-order valence-electron chi connectivity index (χ4n) is 1.19. The molecule has 4 heteroatoms. The average molecular weight is 144 g/mol. The highest BCUT2D eigenvalue weighted by Gasteiger charge is 2.23. The van der Waals surface area contributed by atoms with Gasteiger partial charge in [-0.1, -0.05) is 0 Å². The molecule has 1 unspecified atom stereocenters. The Hall–Kier alpha value is -0.450. The normalized spacial score (nSPS) is 32.6. The van der Waals surface area contributed by atoms with Crippen LogP contribution in [0.25, 0.3) is 0 Å². The summed E-state index contributed by atoms with van der Waals surface area (Å²) in [5.41, 5.74) is 0. The summed E-state index contributed by atoms with van der Waals surface area (Å²) < 4.78 is -0.380. The molecule has 1 fully saturated rings. The van der Waals surface area contributed by atoms with Gasteiger partial charge in [-0.3, -0.25) is 10.1 Å². The van der Waals surface area contributed by atoms with E-state index >= 15 is 0 Å². The Morgan fingerprint density at radius 2 is 2.50 bits per heavy atom. The first-order valence-corrected chi connectivity index (χ1v) is 3.40. The van der Waals surface area contributed by atoms with E-state index in [1.165, 1.54) is 6.92 Å². The van der Waals surface area contributed by atoms with Gasteiger partial charge in [-0.05, 0) is 0 Å². The van der Waals surface area contributed by atoms with Gasteiger partial charge in [-0.2, -0.15) is 0 Å². The van der Waals surface area contributed by atoms with Crippen LogP contribution in [0.4, 0.5) is 0 Å². The summed E-state index contributed by atoms with van der Waals surface area (Å²) in [5.74, 6) is -0.0290. The topological polar surface area (TPSA) is 52.2 Å². The average Bonchev–Trinajstić information content (AvgIpc) is 2.12. The number of carbonyl (C=O) groups excluding carboxylic acids is 1. The largest absolute Gasteiger partial charge is 0.631 e. The summed E-state index contributed by atoms with van der Waals surface area (Å²) >= 11 is 0. The second-order valence-electron chi connectivity index (χ2n) is 2.80. The third kappa shape index (κ3) is 1.76. The van der Waals surface area contributed by atoms with Crippen LogP contribution in [0.5, 0.6) is 0 Å². The van der Waals surface area contributed by atoms with Crippen LogP contribution in [0.1, 0.15) is 6.92 Å². The molecule has 1 aliphatic heterocycles. The highest BCUT2D eigenvalue weighted by atomic mass is 16.6. The Kier molecular flexibility index (Phi) is 2.03. The highest BCUT2D eigenvalue weighted by Crippen LogP contribution is 2.05. The fourth-order valence-corrected chi connectivity index (χ4v) is 1.19. The van der Waals surface area contributed by atoms with Crippen LogP contribution in [0, 0.1) is 5.21 Å². The van der Waals surface area contributed by atoms with E-state index in [-0.39, 0.29) is 17.0 Å². The van der Waals surface area contributed by atoms with Gasteiger partial charge in [0.1, 0.15) is 13.2 Å². The van der Waals surface area contributed by atoms with Gasteiger partial charge >= 0.3 is 0 Å². The lowest BCUT2D eigenvalue weighted by Gasteiger charge is -2.36. The molecule has 1 heterocycles. The van der Waals surface area contributed by atoms with Crippen molar-refractivity contribution in [3.8, 4) is 0 Å². The van der Waals surface area contributed by atoms with Crippen LogP contribution in [-0.4, -0.2) is 36.7 Å². The van der Waals surface area contributed by atoms with Gasteiger partial charge in [-0.25, -0.2) is 0 Å². The Bertz CT molecular complexity index is 141. The van der Waals surface area contributed by atoms with Crippen molar-refractivity contribution in [2.24, 2.45) is 0 Å². The number of hydrogen-bond donors (Lipinski definition) is 1. The molecule has 1 aliphatic rings. The van der Waals surface area contributed by atoms with Crippen LogP contribution in [-0.2, 0) is 4.79 Å². The van der Waals surface area contributed by atoms with Gasteiger partial charge in [-0.15, -0.1) is 0 Å². The number of nitrogens with one attached hydrogen (secondary N) is 1. The smallest absolute Gasteiger partial charge is 0.184 e. The summed E-state index contributed by atoms with van der Waals surface area (Å²) in [6, 6.07) is 0. The number of hydrogen-bond acceptors (Lipinski definition) is 3. The van der Waals surface area contributed by atoms with Crippen LogP contribution < -0.4 is 5.32 Å². The van der Waals surface area contributed by atoms with Crippen molar-refractivity contribution in [3.05, 3.63) is 5.21 Å². The van der Waals surface area contributed by atoms with E-state index in [2.05, 4.69) is 5.32 Å². The van der Waals surface area contributed by atoms with Crippen LogP contribution in [0.3, 0.4) is 0 Å². The van der Waals surface area contributed by atoms with E-state index < -0.39 is 0 Å². The Balaban J connectivity index is 2.43. The van der Waals surface area contributed by atoms with E-state index in [4.69, 9.17) is 0 Å². The molecule has 1 saturated heterocycles. The van der Waals surface area contributed by atoms with Crippen LogP contribution >= 0.6 is 0 Å². The maximum atomic E-state index is 11.4. The number of ketones is 1. The number of hydroxylamine groups is 3. The van der Waals surface area contributed by atoms with Gasteiger partial charge in [0.15, 0.2) is 5.78 Å². The number of carbonyl (C=O) groups is 1. The van der Waals surface area contributed by atoms with Gasteiger partial charge in [0, 0.05) is 6.92 Å². The number of Topliss-reactive ketones (excluding diaryl/α,β-unsaturated/α-hetero) is 1. The molecule has 0 aromatic heterocycles. The molecule has 1 atom stereocenters. The zero-order chi connectivity index (χ0) is 7.61. The molecular formula is C6H12N2O2. The van der Waals surface area contributed by atoms with Gasteiger partial charge in [0.05, 0.1) is 13.1 Å². The van der Waals surface area contributed by atoms with Crippen LogP contribution in [0.15, 0.2) is 0 Å². The van der Waals surface area contributed by atoms with E-state index in [0.717, 1.165) is 6.54 Å². The van der Waals surface area contributed by atoms with E-state index in [0.29, 0.717) is 13.2 Å².